The minimum atomic E-state index is -0.485. The number of carbonyl (C=O) groups excluding carboxylic acids is 3. The molecular formula is C41H46ClFN6O5. The Morgan fingerprint density at radius 1 is 0.981 bits per heavy atom. The summed E-state index contributed by atoms with van der Waals surface area (Å²) in [4.78, 5) is 56.4. The lowest BCUT2D eigenvalue weighted by Gasteiger charge is -2.40. The van der Waals surface area contributed by atoms with E-state index in [1.165, 1.54) is 10.6 Å². The molecule has 11 nitrogen and oxygen atoms in total. The van der Waals surface area contributed by atoms with Crippen LogP contribution in [-0.4, -0.2) is 84.5 Å². The van der Waals surface area contributed by atoms with E-state index in [9.17, 15) is 19.2 Å². The van der Waals surface area contributed by atoms with Crippen molar-refractivity contribution in [3.8, 4) is 16.9 Å². The van der Waals surface area contributed by atoms with Gasteiger partial charge in [0.2, 0.25) is 17.7 Å². The highest BCUT2D eigenvalue weighted by Gasteiger charge is 2.33. The molecule has 3 fully saturated rings. The van der Waals surface area contributed by atoms with Crippen molar-refractivity contribution in [3.05, 3.63) is 87.6 Å². The predicted molar refractivity (Wildman–Crippen MR) is 208 cm³/mol. The van der Waals surface area contributed by atoms with Crippen molar-refractivity contribution >= 4 is 51.5 Å². The van der Waals surface area contributed by atoms with E-state index < -0.39 is 6.04 Å². The second-order valence-corrected chi connectivity index (χ2v) is 15.1. The normalized spacial score (nSPS) is 18.8. The van der Waals surface area contributed by atoms with Crippen LogP contribution >= 0.6 is 11.6 Å². The van der Waals surface area contributed by atoms with Crippen molar-refractivity contribution in [2.45, 2.75) is 57.2 Å². The molecule has 3 aliphatic heterocycles. The molecule has 3 aromatic carbocycles. The maximum Gasteiger partial charge on any atom is 0.258 e. The number of benzene rings is 3. The van der Waals surface area contributed by atoms with Crippen molar-refractivity contribution < 1.29 is 23.5 Å². The molecule has 0 saturated carbocycles. The molecule has 0 bridgehead atoms. The maximum absolute atomic E-state index is 15.9. The van der Waals surface area contributed by atoms with Crippen molar-refractivity contribution in [3.63, 3.8) is 0 Å². The molecule has 3 amide bonds. The lowest BCUT2D eigenvalue weighted by atomic mass is 9.93. The van der Waals surface area contributed by atoms with E-state index in [-0.39, 0.29) is 41.1 Å². The van der Waals surface area contributed by atoms with E-state index in [1.54, 1.807) is 32.5 Å². The van der Waals surface area contributed by atoms with Gasteiger partial charge in [-0.15, -0.1) is 0 Å². The number of methoxy groups -OCH3 is 1. The third kappa shape index (κ3) is 7.67. The van der Waals surface area contributed by atoms with E-state index in [2.05, 4.69) is 20.4 Å². The van der Waals surface area contributed by atoms with Gasteiger partial charge in [-0.05, 0) is 79.5 Å². The highest BCUT2D eigenvalue weighted by Crippen LogP contribution is 2.36. The van der Waals surface area contributed by atoms with Crippen LogP contribution in [0.15, 0.2) is 65.6 Å². The summed E-state index contributed by atoms with van der Waals surface area (Å²) in [5, 5.41) is 7.43. The van der Waals surface area contributed by atoms with Crippen molar-refractivity contribution in [1.82, 2.24) is 19.7 Å². The first-order valence-electron chi connectivity index (χ1n) is 18.6. The first kappa shape index (κ1) is 37.4. The summed E-state index contributed by atoms with van der Waals surface area (Å²) in [6.07, 6.45) is 5.50. The average molecular weight is 757 g/mol. The molecule has 2 N–H and O–H groups in total. The molecular weight excluding hydrogens is 711 g/mol. The van der Waals surface area contributed by atoms with Crippen LogP contribution in [0.5, 0.6) is 5.75 Å². The highest BCUT2D eigenvalue weighted by molar-refractivity contribution is 6.33. The second kappa shape index (κ2) is 15.8. The zero-order valence-corrected chi connectivity index (χ0v) is 31.6. The molecule has 1 aromatic heterocycles. The number of ether oxygens (including phenoxy) is 1. The number of nitrogens with zero attached hydrogens (tertiary/aromatic N) is 4. The minimum absolute atomic E-state index is 0.0717. The smallest absolute Gasteiger partial charge is 0.258 e. The van der Waals surface area contributed by atoms with Gasteiger partial charge in [-0.2, -0.15) is 0 Å². The average Bonchev–Trinajstić information content (AvgIpc) is 3.18. The monoisotopic (exact) mass is 756 g/mol. The quantitative estimate of drug-likeness (QED) is 0.214. The molecule has 54 heavy (non-hydrogen) atoms. The number of anilines is 2. The number of fused-ring (bicyclic) bond motifs is 1. The Hall–Kier alpha value is -4.94. The number of aryl methyl sites for hydroxylation is 1. The molecule has 3 saturated heterocycles. The molecule has 4 heterocycles. The summed E-state index contributed by atoms with van der Waals surface area (Å²) in [5.41, 5.74) is 3.39. The summed E-state index contributed by atoms with van der Waals surface area (Å²) in [7, 11) is 5.15. The molecule has 1 atom stereocenters. The Kier molecular flexibility index (Phi) is 10.9. The molecule has 0 radical (unpaired) electrons. The Balaban J connectivity index is 0.923. The van der Waals surface area contributed by atoms with Gasteiger partial charge in [0.15, 0.2) is 0 Å². The van der Waals surface area contributed by atoms with E-state index >= 15 is 4.39 Å². The molecule has 284 valence electrons. The molecule has 7 rings (SSSR count). The van der Waals surface area contributed by atoms with Gasteiger partial charge in [0.25, 0.3) is 5.56 Å². The van der Waals surface area contributed by atoms with Gasteiger partial charge < -0.3 is 24.4 Å². The molecule has 1 unspecified atom stereocenters. The number of nitrogens with one attached hydrogen (secondary N) is 2. The summed E-state index contributed by atoms with van der Waals surface area (Å²) in [5.74, 6) is -0.391. The highest BCUT2D eigenvalue weighted by atomic mass is 35.5. The minimum Gasteiger partial charge on any atom is -0.496 e. The summed E-state index contributed by atoms with van der Waals surface area (Å²) in [6, 6.07) is 16.0. The lowest BCUT2D eigenvalue weighted by Crippen LogP contribution is -2.49. The zero-order chi connectivity index (χ0) is 38.1. The number of rotatable bonds is 9. The van der Waals surface area contributed by atoms with Crippen LogP contribution < -0.4 is 25.8 Å². The Bertz CT molecular complexity index is 2140. The van der Waals surface area contributed by atoms with E-state index in [4.69, 9.17) is 16.3 Å². The van der Waals surface area contributed by atoms with Gasteiger partial charge in [0.05, 0.1) is 17.8 Å². The second-order valence-electron chi connectivity index (χ2n) is 14.7. The summed E-state index contributed by atoms with van der Waals surface area (Å²) >= 11 is 6.69. The first-order chi connectivity index (χ1) is 26.0. The van der Waals surface area contributed by atoms with E-state index in [0.717, 1.165) is 55.4 Å². The van der Waals surface area contributed by atoms with Gasteiger partial charge >= 0.3 is 0 Å². The van der Waals surface area contributed by atoms with Crippen molar-refractivity contribution in [2.75, 3.05) is 50.6 Å². The standard InChI is InChI=1S/C41H46ClFN6O5/c1-46-23-31(29-6-4-5-7-30(29)41(46)53)26-20-34(43)32(37(21-26)54-3)24-48-16-14-28(15-17-48)47(2)40(52)25-12-18-49(19-13-25)36-10-8-27(22-33(36)42)44-35-9-11-38(50)45-39(35)51/h4-8,10,20-23,25,28,35,44H,9,11-19,24H2,1-3H3,(H,45,50,51). The number of pyridine rings is 1. The fourth-order valence-corrected chi connectivity index (χ4v) is 8.46. The Morgan fingerprint density at radius 3 is 2.39 bits per heavy atom. The SMILES string of the molecule is COc1cc(-c2cn(C)c(=O)c3ccccc23)cc(F)c1CN1CCC(N(C)C(=O)C2CCN(c3ccc(NC4CCC(=O)NC4=O)cc3Cl)CC2)CC1. The van der Waals surface area contributed by atoms with Gasteiger partial charge in [-0.3, -0.25) is 29.4 Å². The van der Waals surface area contributed by atoms with E-state index in [0.29, 0.717) is 65.4 Å². The summed E-state index contributed by atoms with van der Waals surface area (Å²) < 4.78 is 23.1. The van der Waals surface area contributed by atoms with E-state index in [1.807, 2.05) is 48.3 Å². The largest absolute Gasteiger partial charge is 0.496 e. The number of imide groups is 1. The number of amides is 3. The number of hydrogen-bond donors (Lipinski definition) is 2. The molecule has 0 aliphatic carbocycles. The zero-order valence-electron chi connectivity index (χ0n) is 30.9. The topological polar surface area (TPSA) is 116 Å². The number of likely N-dealkylation sites (tertiary alicyclic amines) is 1. The van der Waals surface area contributed by atoms with Crippen molar-refractivity contribution in [2.24, 2.45) is 13.0 Å². The first-order valence-corrected chi connectivity index (χ1v) is 19.0. The van der Waals surface area contributed by atoms with Crippen LogP contribution in [0.4, 0.5) is 15.8 Å². The number of piperidine rings is 3. The van der Waals surface area contributed by atoms with Crippen LogP contribution in [0.25, 0.3) is 21.9 Å². The molecule has 0 spiro atoms. The van der Waals surface area contributed by atoms with Crippen molar-refractivity contribution in [1.29, 1.82) is 0 Å². The lowest BCUT2D eigenvalue weighted by molar-refractivity contribution is -0.138. The number of hydrogen-bond acceptors (Lipinski definition) is 8. The van der Waals surface area contributed by atoms with Gasteiger partial charge in [0.1, 0.15) is 17.6 Å². The Morgan fingerprint density at radius 2 is 1.70 bits per heavy atom. The van der Waals surface area contributed by atoms with Gasteiger partial charge in [-0.25, -0.2) is 4.39 Å². The van der Waals surface area contributed by atoms with Crippen LogP contribution in [0, 0.1) is 11.7 Å². The number of aromatic nitrogens is 1. The van der Waals surface area contributed by atoms with Crippen LogP contribution in [0.2, 0.25) is 5.02 Å². The summed E-state index contributed by atoms with van der Waals surface area (Å²) in [6.45, 7) is 3.25. The third-order valence-electron chi connectivity index (χ3n) is 11.3. The maximum atomic E-state index is 15.9. The number of halogens is 2. The molecule has 13 heteroatoms. The fourth-order valence-electron chi connectivity index (χ4n) is 8.16. The van der Waals surface area contributed by atoms with Crippen LogP contribution in [-0.2, 0) is 28.0 Å². The predicted octanol–water partition coefficient (Wildman–Crippen LogP) is 5.56. The van der Waals surface area contributed by atoms with Gasteiger partial charge in [-0.1, -0.05) is 29.8 Å². The van der Waals surface area contributed by atoms with Crippen LogP contribution in [0.3, 0.4) is 0 Å². The molecule has 3 aliphatic rings. The third-order valence-corrected chi connectivity index (χ3v) is 11.6. The molecule has 4 aromatic rings. The van der Waals surface area contributed by atoms with Gasteiger partial charge in [0, 0.05) is 93.6 Å². The van der Waals surface area contributed by atoms with Crippen LogP contribution in [0.1, 0.15) is 44.1 Å². The fraction of sp³-hybridized carbons (Fsp3) is 0.415. The number of carbonyl (C=O) groups is 3. The Labute approximate surface area is 319 Å².